The van der Waals surface area contributed by atoms with E-state index in [0.29, 0.717) is 19.4 Å². The van der Waals surface area contributed by atoms with Crippen molar-refractivity contribution < 1.29 is 38.2 Å². The van der Waals surface area contributed by atoms with Crippen LogP contribution < -0.4 is 10.6 Å². The fourth-order valence-corrected chi connectivity index (χ4v) is 5.08. The van der Waals surface area contributed by atoms with Gasteiger partial charge in [0.25, 0.3) is 0 Å². The maximum Gasteiger partial charge on any atom is 0.407 e. The first-order valence-electron chi connectivity index (χ1n) is 15.2. The van der Waals surface area contributed by atoms with Crippen LogP contribution >= 0.6 is 0 Å². The molecule has 4 rings (SSSR count). The maximum absolute atomic E-state index is 13.7. The van der Waals surface area contributed by atoms with E-state index in [9.17, 15) is 24.0 Å². The minimum atomic E-state index is -1.29. The molecule has 2 N–H and O–H groups in total. The summed E-state index contributed by atoms with van der Waals surface area (Å²) >= 11 is 0. The highest BCUT2D eigenvalue weighted by atomic mass is 16.5. The third kappa shape index (κ3) is 9.91. The SMILES string of the molecule is C[C@@]1(C(=O)N[C@@H](CCC(=O)OCc2ccccc2)C(=O)OCc2ccccc2)CCCN1C(=O)CNC(=O)OCc1ccccc1. The molecule has 1 aliphatic rings. The molecule has 3 aromatic rings. The highest BCUT2D eigenvalue weighted by Gasteiger charge is 2.46. The van der Waals surface area contributed by atoms with Crippen molar-refractivity contribution >= 4 is 29.8 Å². The molecule has 3 amide bonds. The molecule has 0 saturated carbocycles. The van der Waals surface area contributed by atoms with Crippen LogP contribution in [0.25, 0.3) is 0 Å². The lowest BCUT2D eigenvalue weighted by atomic mass is 9.96. The van der Waals surface area contributed by atoms with E-state index in [4.69, 9.17) is 14.2 Å². The molecule has 0 bridgehead atoms. The predicted octanol–water partition coefficient (Wildman–Crippen LogP) is 4.05. The molecule has 0 aromatic heterocycles. The van der Waals surface area contributed by atoms with Crippen LogP contribution in [0.5, 0.6) is 0 Å². The molecule has 0 aliphatic carbocycles. The molecule has 11 heteroatoms. The van der Waals surface area contributed by atoms with Gasteiger partial charge in [0.05, 0.1) is 0 Å². The Bertz CT molecular complexity index is 1470. The minimum absolute atomic E-state index is 0.0155. The van der Waals surface area contributed by atoms with Crippen molar-refractivity contribution in [2.75, 3.05) is 13.1 Å². The van der Waals surface area contributed by atoms with Crippen LogP contribution in [0.15, 0.2) is 91.0 Å². The zero-order chi connectivity index (χ0) is 32.8. The van der Waals surface area contributed by atoms with Crippen molar-refractivity contribution in [2.24, 2.45) is 0 Å². The second-order valence-electron chi connectivity index (χ2n) is 11.1. The zero-order valence-corrected chi connectivity index (χ0v) is 25.8. The van der Waals surface area contributed by atoms with Crippen molar-refractivity contribution in [3.05, 3.63) is 108 Å². The second-order valence-corrected chi connectivity index (χ2v) is 11.1. The van der Waals surface area contributed by atoms with Crippen molar-refractivity contribution in [3.8, 4) is 0 Å². The van der Waals surface area contributed by atoms with Gasteiger partial charge in [-0.25, -0.2) is 9.59 Å². The topological polar surface area (TPSA) is 140 Å². The van der Waals surface area contributed by atoms with Gasteiger partial charge in [0, 0.05) is 13.0 Å². The molecule has 1 saturated heterocycles. The molecule has 1 heterocycles. The van der Waals surface area contributed by atoms with Crippen molar-refractivity contribution in [3.63, 3.8) is 0 Å². The van der Waals surface area contributed by atoms with Crippen molar-refractivity contribution in [1.82, 2.24) is 15.5 Å². The van der Waals surface area contributed by atoms with Crippen LogP contribution in [0.2, 0.25) is 0 Å². The van der Waals surface area contributed by atoms with E-state index in [1.807, 2.05) is 78.9 Å². The number of nitrogens with one attached hydrogen (secondary N) is 2. The van der Waals surface area contributed by atoms with Gasteiger partial charge in [0.1, 0.15) is 37.9 Å². The number of amides is 3. The smallest absolute Gasteiger partial charge is 0.407 e. The van der Waals surface area contributed by atoms with Gasteiger partial charge < -0.3 is 29.7 Å². The molecule has 0 spiro atoms. The quantitative estimate of drug-likeness (QED) is 0.201. The number of hydrogen-bond donors (Lipinski definition) is 2. The number of likely N-dealkylation sites (tertiary alicyclic amines) is 1. The van der Waals surface area contributed by atoms with E-state index in [-0.39, 0.29) is 39.2 Å². The summed E-state index contributed by atoms with van der Waals surface area (Å²) in [6, 6.07) is 26.2. The van der Waals surface area contributed by atoms with Crippen molar-refractivity contribution in [1.29, 1.82) is 0 Å². The number of hydrogen-bond acceptors (Lipinski definition) is 8. The molecule has 1 aliphatic heterocycles. The summed E-state index contributed by atoms with van der Waals surface area (Å²) in [6.45, 7) is 1.65. The fraction of sp³-hybridized carbons (Fsp3) is 0.343. The number of esters is 2. The van der Waals surface area contributed by atoms with E-state index in [1.54, 1.807) is 19.1 Å². The Kier molecular flexibility index (Phi) is 12.3. The Morgan fingerprint density at radius 1 is 0.761 bits per heavy atom. The van der Waals surface area contributed by atoms with Crippen LogP contribution in [0.1, 0.15) is 49.3 Å². The first-order chi connectivity index (χ1) is 22.2. The number of rotatable bonds is 14. The first kappa shape index (κ1) is 33.7. The summed E-state index contributed by atoms with van der Waals surface area (Å²) < 4.78 is 16.0. The largest absolute Gasteiger partial charge is 0.461 e. The molecule has 0 unspecified atom stereocenters. The van der Waals surface area contributed by atoms with Crippen LogP contribution in [-0.2, 0) is 53.2 Å². The van der Waals surface area contributed by atoms with Gasteiger partial charge in [-0.15, -0.1) is 0 Å². The Balaban J connectivity index is 1.34. The van der Waals surface area contributed by atoms with Crippen LogP contribution in [0, 0.1) is 0 Å². The highest BCUT2D eigenvalue weighted by Crippen LogP contribution is 2.29. The molecule has 1 fully saturated rings. The number of benzene rings is 3. The summed E-state index contributed by atoms with van der Waals surface area (Å²) in [5.74, 6) is -2.28. The summed E-state index contributed by atoms with van der Waals surface area (Å²) in [5, 5.41) is 5.17. The second kappa shape index (κ2) is 16.8. The average molecular weight is 630 g/mol. The van der Waals surface area contributed by atoms with Gasteiger partial charge >= 0.3 is 18.0 Å². The van der Waals surface area contributed by atoms with E-state index in [1.165, 1.54) is 4.90 Å². The van der Waals surface area contributed by atoms with Gasteiger partial charge in [-0.3, -0.25) is 14.4 Å². The summed E-state index contributed by atoms with van der Waals surface area (Å²) in [6.07, 6.45) is -0.0852. The standard InChI is InChI=1S/C35H39N3O8/c1-35(20-11-21-38(35)30(39)22-36-34(43)46-25-28-16-9-4-10-17-28)33(42)37-29(32(41)45-24-27-14-7-3-8-15-27)18-19-31(40)44-23-26-12-5-2-6-13-26/h2-10,12-17,29H,11,18-25H2,1H3,(H,36,43)(H,37,42)/t29-,35-/m0/s1. The van der Waals surface area contributed by atoms with Gasteiger partial charge in [-0.05, 0) is 42.9 Å². The van der Waals surface area contributed by atoms with E-state index >= 15 is 0 Å². The Labute approximate surface area is 268 Å². The van der Waals surface area contributed by atoms with Gasteiger partial charge in [-0.1, -0.05) is 91.0 Å². The van der Waals surface area contributed by atoms with Gasteiger partial charge in [0.2, 0.25) is 11.8 Å². The monoisotopic (exact) mass is 629 g/mol. The number of alkyl carbamates (subject to hydrolysis) is 1. The summed E-state index contributed by atoms with van der Waals surface area (Å²) in [4.78, 5) is 66.1. The first-order valence-corrected chi connectivity index (χ1v) is 15.2. The summed E-state index contributed by atoms with van der Waals surface area (Å²) in [5.41, 5.74) is 1.09. The normalized spacial score (nSPS) is 16.2. The molecule has 0 radical (unpaired) electrons. The minimum Gasteiger partial charge on any atom is -0.461 e. The Hall–Kier alpha value is -5.19. The third-order valence-electron chi connectivity index (χ3n) is 7.72. The van der Waals surface area contributed by atoms with Crippen LogP contribution in [0.4, 0.5) is 4.79 Å². The zero-order valence-electron chi connectivity index (χ0n) is 25.8. The average Bonchev–Trinajstić information content (AvgIpc) is 3.50. The van der Waals surface area contributed by atoms with Crippen molar-refractivity contribution in [2.45, 2.75) is 64.0 Å². The fourth-order valence-electron chi connectivity index (χ4n) is 5.08. The number of ether oxygens (including phenoxy) is 3. The lowest BCUT2D eigenvalue weighted by molar-refractivity contribution is -0.152. The molecule has 11 nitrogen and oxygen atoms in total. The molecule has 2 atom stereocenters. The van der Waals surface area contributed by atoms with Crippen LogP contribution in [0.3, 0.4) is 0 Å². The molecule has 242 valence electrons. The Morgan fingerprint density at radius 2 is 1.28 bits per heavy atom. The van der Waals surface area contributed by atoms with E-state index < -0.39 is 41.4 Å². The number of carbonyl (C=O) groups excluding carboxylic acids is 5. The molecule has 3 aromatic carbocycles. The highest BCUT2D eigenvalue weighted by molar-refractivity contribution is 5.95. The van der Waals surface area contributed by atoms with E-state index in [2.05, 4.69) is 10.6 Å². The van der Waals surface area contributed by atoms with E-state index in [0.717, 1.165) is 16.7 Å². The Morgan fingerprint density at radius 3 is 1.85 bits per heavy atom. The molecule has 46 heavy (non-hydrogen) atoms. The van der Waals surface area contributed by atoms with Gasteiger partial charge in [0.15, 0.2) is 0 Å². The predicted molar refractivity (Wildman–Crippen MR) is 168 cm³/mol. The summed E-state index contributed by atoms with van der Waals surface area (Å²) in [7, 11) is 0. The number of carbonyl (C=O) groups is 5. The third-order valence-corrected chi connectivity index (χ3v) is 7.72. The maximum atomic E-state index is 13.7. The van der Waals surface area contributed by atoms with Crippen LogP contribution in [-0.4, -0.2) is 59.4 Å². The van der Waals surface area contributed by atoms with Gasteiger partial charge in [-0.2, -0.15) is 0 Å². The molecular weight excluding hydrogens is 590 g/mol. The lowest BCUT2D eigenvalue weighted by Crippen LogP contribution is -2.59. The lowest BCUT2D eigenvalue weighted by Gasteiger charge is -2.35. The molecular formula is C35H39N3O8. The number of nitrogens with zero attached hydrogens (tertiary/aromatic N) is 1.